The van der Waals surface area contributed by atoms with Gasteiger partial charge in [0, 0.05) is 6.16 Å². The molecule has 0 saturated carbocycles. The van der Waals surface area contributed by atoms with Crippen molar-refractivity contribution in [3.8, 4) is 12.3 Å². The Kier molecular flexibility index (Phi) is 3.74. The highest BCUT2D eigenvalue weighted by Gasteiger charge is 2.27. The van der Waals surface area contributed by atoms with Gasteiger partial charge in [-0.05, 0) is 6.42 Å². The minimum Gasteiger partial charge on any atom is -0.301 e. The van der Waals surface area contributed by atoms with Crippen LogP contribution in [0.4, 0.5) is 0 Å². The van der Waals surface area contributed by atoms with Gasteiger partial charge in [0.05, 0.1) is 6.10 Å². The quantitative estimate of drug-likeness (QED) is 0.387. The number of rotatable bonds is 5. The van der Waals surface area contributed by atoms with E-state index in [9.17, 15) is 4.57 Å². The van der Waals surface area contributed by atoms with E-state index >= 15 is 0 Å². The molecule has 0 saturated heterocycles. The Hall–Kier alpha value is -0.550. The molecule has 0 bridgehead atoms. The average molecular weight is 200 g/mol. The highest BCUT2D eigenvalue weighted by molar-refractivity contribution is 7.53. The second kappa shape index (κ2) is 4.62. The largest absolute Gasteiger partial charge is 0.331 e. The van der Waals surface area contributed by atoms with E-state index in [4.69, 9.17) is 15.5 Å². The van der Waals surface area contributed by atoms with Crippen LogP contribution < -0.4 is 0 Å². The SMILES string of the molecule is C#CCOP(=O)(CC)OC1C=CC1. The summed E-state index contributed by atoms with van der Waals surface area (Å²) >= 11 is 0. The van der Waals surface area contributed by atoms with E-state index in [1.807, 2.05) is 12.2 Å². The van der Waals surface area contributed by atoms with Crippen molar-refractivity contribution in [1.82, 2.24) is 0 Å². The van der Waals surface area contributed by atoms with Gasteiger partial charge < -0.3 is 4.52 Å². The van der Waals surface area contributed by atoms with Gasteiger partial charge in [-0.1, -0.05) is 25.0 Å². The highest BCUT2D eigenvalue weighted by atomic mass is 31.2. The molecule has 0 aromatic rings. The summed E-state index contributed by atoms with van der Waals surface area (Å²) in [6.07, 6.45) is 9.95. The van der Waals surface area contributed by atoms with Crippen LogP contribution in [0.25, 0.3) is 0 Å². The fourth-order valence-electron chi connectivity index (χ4n) is 0.864. The predicted molar refractivity (Wildman–Crippen MR) is 51.6 cm³/mol. The molecule has 0 aromatic carbocycles. The molecule has 2 unspecified atom stereocenters. The van der Waals surface area contributed by atoms with Crippen LogP contribution in [-0.2, 0) is 13.6 Å². The maximum absolute atomic E-state index is 11.8. The average Bonchev–Trinajstić information content (AvgIpc) is 2.08. The zero-order valence-corrected chi connectivity index (χ0v) is 8.50. The number of hydrogen-bond donors (Lipinski definition) is 0. The third kappa shape index (κ3) is 3.00. The maximum atomic E-state index is 11.8. The van der Waals surface area contributed by atoms with Crippen molar-refractivity contribution < 1.29 is 13.6 Å². The molecule has 0 spiro atoms. The maximum Gasteiger partial charge on any atom is 0.331 e. The fraction of sp³-hybridized carbons (Fsp3) is 0.556. The summed E-state index contributed by atoms with van der Waals surface area (Å²) < 4.78 is 22.0. The Labute approximate surface area is 78.7 Å². The molecule has 0 aliphatic heterocycles. The monoisotopic (exact) mass is 200 g/mol. The van der Waals surface area contributed by atoms with Crippen LogP contribution in [0.15, 0.2) is 12.2 Å². The standard InChI is InChI=1S/C9H13O3P/c1-3-8-11-13(10,4-2)12-9-6-5-7-9/h1,5-6,9H,4,7-8H2,2H3. The molecule has 0 heterocycles. The Morgan fingerprint density at radius 1 is 1.77 bits per heavy atom. The molecule has 1 aliphatic rings. The lowest BCUT2D eigenvalue weighted by Crippen LogP contribution is -2.15. The van der Waals surface area contributed by atoms with Crippen LogP contribution in [0.1, 0.15) is 13.3 Å². The van der Waals surface area contributed by atoms with Gasteiger partial charge in [0.25, 0.3) is 0 Å². The van der Waals surface area contributed by atoms with Gasteiger partial charge in [-0.2, -0.15) is 0 Å². The molecule has 4 heteroatoms. The lowest BCUT2D eigenvalue weighted by atomic mass is 10.1. The van der Waals surface area contributed by atoms with E-state index < -0.39 is 7.60 Å². The minimum absolute atomic E-state index is 0.0432. The normalized spacial score (nSPS) is 24.5. The van der Waals surface area contributed by atoms with Crippen LogP contribution in [-0.4, -0.2) is 18.9 Å². The predicted octanol–water partition coefficient (Wildman–Crippen LogP) is 2.19. The first-order valence-electron chi connectivity index (χ1n) is 4.22. The van der Waals surface area contributed by atoms with Crippen molar-refractivity contribution in [1.29, 1.82) is 0 Å². The molecule has 2 atom stereocenters. The molecule has 0 N–H and O–H groups in total. The van der Waals surface area contributed by atoms with Crippen LogP contribution >= 0.6 is 7.60 Å². The highest BCUT2D eigenvalue weighted by Crippen LogP contribution is 2.50. The first kappa shape index (κ1) is 10.5. The van der Waals surface area contributed by atoms with Crippen molar-refractivity contribution in [2.45, 2.75) is 19.4 Å². The van der Waals surface area contributed by atoms with E-state index in [-0.39, 0.29) is 12.7 Å². The number of terminal acetylenes is 1. The first-order valence-corrected chi connectivity index (χ1v) is 5.95. The van der Waals surface area contributed by atoms with E-state index in [1.54, 1.807) is 6.92 Å². The molecular weight excluding hydrogens is 187 g/mol. The second-order valence-corrected chi connectivity index (χ2v) is 5.04. The summed E-state index contributed by atoms with van der Waals surface area (Å²) in [5.74, 6) is 2.27. The lowest BCUT2D eigenvalue weighted by Gasteiger charge is -2.24. The molecule has 0 fully saturated rings. The van der Waals surface area contributed by atoms with Gasteiger partial charge in [0.2, 0.25) is 0 Å². The Bertz CT molecular complexity index is 277. The van der Waals surface area contributed by atoms with Gasteiger partial charge in [-0.3, -0.25) is 9.09 Å². The molecule has 72 valence electrons. The van der Waals surface area contributed by atoms with Crippen molar-refractivity contribution in [3.05, 3.63) is 12.2 Å². The van der Waals surface area contributed by atoms with Gasteiger partial charge in [-0.25, -0.2) is 0 Å². The number of hydrogen-bond acceptors (Lipinski definition) is 3. The van der Waals surface area contributed by atoms with Gasteiger partial charge in [0.1, 0.15) is 6.61 Å². The summed E-state index contributed by atoms with van der Waals surface area (Å²) in [5.41, 5.74) is 0. The van der Waals surface area contributed by atoms with Crippen molar-refractivity contribution in [2.75, 3.05) is 12.8 Å². The topological polar surface area (TPSA) is 35.5 Å². The summed E-state index contributed by atoms with van der Waals surface area (Å²) in [5, 5.41) is 0. The van der Waals surface area contributed by atoms with E-state index in [1.165, 1.54) is 0 Å². The minimum atomic E-state index is -2.93. The zero-order chi connectivity index (χ0) is 9.73. The molecular formula is C9H13O3P. The molecule has 0 radical (unpaired) electrons. The molecule has 0 aromatic heterocycles. The van der Waals surface area contributed by atoms with Crippen LogP contribution in [0.2, 0.25) is 0 Å². The molecule has 0 amide bonds. The van der Waals surface area contributed by atoms with Gasteiger partial charge in [0.15, 0.2) is 0 Å². The van der Waals surface area contributed by atoms with Crippen LogP contribution in [0.3, 0.4) is 0 Å². The van der Waals surface area contributed by atoms with E-state index in [2.05, 4.69) is 5.92 Å². The smallest absolute Gasteiger partial charge is 0.301 e. The molecule has 13 heavy (non-hydrogen) atoms. The summed E-state index contributed by atoms with van der Waals surface area (Å²) in [4.78, 5) is 0. The first-order chi connectivity index (χ1) is 6.20. The van der Waals surface area contributed by atoms with Crippen molar-refractivity contribution >= 4 is 7.60 Å². The summed E-state index contributed by atoms with van der Waals surface area (Å²) in [6, 6.07) is 0. The molecule has 1 rings (SSSR count). The van der Waals surface area contributed by atoms with Gasteiger partial charge >= 0.3 is 7.60 Å². The molecule has 1 aliphatic carbocycles. The second-order valence-electron chi connectivity index (χ2n) is 2.71. The third-order valence-electron chi connectivity index (χ3n) is 1.75. The van der Waals surface area contributed by atoms with Crippen LogP contribution in [0, 0.1) is 12.3 Å². The summed E-state index contributed by atoms with van der Waals surface area (Å²) in [6.45, 7) is 1.81. The van der Waals surface area contributed by atoms with Crippen molar-refractivity contribution in [2.24, 2.45) is 0 Å². The van der Waals surface area contributed by atoms with E-state index in [0.717, 1.165) is 6.42 Å². The Morgan fingerprint density at radius 2 is 2.46 bits per heavy atom. The van der Waals surface area contributed by atoms with Gasteiger partial charge in [-0.15, -0.1) is 6.42 Å². The summed E-state index contributed by atoms with van der Waals surface area (Å²) in [7, 11) is -2.93. The Morgan fingerprint density at radius 3 is 2.85 bits per heavy atom. The zero-order valence-electron chi connectivity index (χ0n) is 7.60. The fourth-order valence-corrected chi connectivity index (χ4v) is 2.10. The third-order valence-corrected chi connectivity index (χ3v) is 3.64. The van der Waals surface area contributed by atoms with E-state index in [0.29, 0.717) is 6.16 Å². The van der Waals surface area contributed by atoms with Crippen molar-refractivity contribution in [3.63, 3.8) is 0 Å². The van der Waals surface area contributed by atoms with Crippen LogP contribution in [0.5, 0.6) is 0 Å². The Balaban J connectivity index is 2.43. The molecule has 3 nitrogen and oxygen atoms in total. The lowest BCUT2D eigenvalue weighted by molar-refractivity contribution is 0.177.